The van der Waals surface area contributed by atoms with Crippen LogP contribution in [-0.4, -0.2) is 50.8 Å². The van der Waals surface area contributed by atoms with Gasteiger partial charge in [-0.2, -0.15) is 0 Å². The highest BCUT2D eigenvalue weighted by Crippen LogP contribution is 2.56. The number of fused-ring (bicyclic) bond motifs is 2. The molecule has 5 heteroatoms. The molecule has 2 amide bonds. The van der Waals surface area contributed by atoms with E-state index in [1.165, 1.54) is 5.56 Å². The zero-order valence-corrected chi connectivity index (χ0v) is 19.3. The number of likely N-dealkylation sites (tertiary alicyclic amines) is 2. The fourth-order valence-corrected chi connectivity index (χ4v) is 7.25. The molecule has 170 valence electrons. The number of nitrogens with one attached hydrogen (secondary N) is 1. The Hall–Kier alpha value is -3.08. The van der Waals surface area contributed by atoms with E-state index in [2.05, 4.69) is 46.0 Å². The lowest BCUT2D eigenvalue weighted by molar-refractivity contribution is -0.142. The fraction of sp³-hybridized carbons (Fsp3) is 0.429. The predicted molar refractivity (Wildman–Crippen MR) is 129 cm³/mol. The van der Waals surface area contributed by atoms with Crippen molar-refractivity contribution in [2.45, 2.75) is 70.1 Å². The number of amides is 2. The maximum absolute atomic E-state index is 14.1. The zero-order chi connectivity index (χ0) is 22.7. The summed E-state index contributed by atoms with van der Waals surface area (Å²) in [6, 6.07) is 20.8. The molecule has 3 heterocycles. The number of benzene rings is 2. The highest BCUT2D eigenvalue weighted by molar-refractivity contribution is 5.98. The molecule has 1 saturated carbocycles. The molecule has 2 aromatic carbocycles. The van der Waals surface area contributed by atoms with Gasteiger partial charge in [-0.15, -0.1) is 0 Å². The number of H-pyrrole nitrogens is 1. The smallest absolute Gasteiger partial charge is 0.270 e. The molecule has 3 aliphatic rings. The van der Waals surface area contributed by atoms with Crippen molar-refractivity contribution in [3.8, 4) is 0 Å². The number of carbonyl (C=O) groups is 2. The summed E-state index contributed by atoms with van der Waals surface area (Å²) >= 11 is 0. The van der Waals surface area contributed by atoms with Crippen LogP contribution >= 0.6 is 0 Å². The number of aromatic amines is 1. The summed E-state index contributed by atoms with van der Waals surface area (Å²) in [5, 5.41) is 1.06. The quantitative estimate of drug-likeness (QED) is 0.636. The van der Waals surface area contributed by atoms with Crippen LogP contribution in [0, 0.1) is 5.41 Å². The third-order valence-electron chi connectivity index (χ3n) is 8.60. The Morgan fingerprint density at radius 1 is 1.00 bits per heavy atom. The minimum Gasteiger partial charge on any atom is -0.351 e. The molecule has 2 aliphatic heterocycles. The molecule has 6 rings (SSSR count). The van der Waals surface area contributed by atoms with Gasteiger partial charge in [0.25, 0.3) is 5.91 Å². The van der Waals surface area contributed by atoms with Gasteiger partial charge >= 0.3 is 0 Å². The molecule has 2 saturated heterocycles. The Morgan fingerprint density at radius 3 is 2.42 bits per heavy atom. The summed E-state index contributed by atoms with van der Waals surface area (Å²) < 4.78 is 0. The Morgan fingerprint density at radius 2 is 1.70 bits per heavy atom. The van der Waals surface area contributed by atoms with Gasteiger partial charge in [0.2, 0.25) is 5.91 Å². The van der Waals surface area contributed by atoms with Gasteiger partial charge in [0.15, 0.2) is 0 Å². The maximum atomic E-state index is 14.1. The Labute approximate surface area is 194 Å². The van der Waals surface area contributed by atoms with E-state index >= 15 is 0 Å². The predicted octanol–water partition coefficient (Wildman–Crippen LogP) is 4.78. The molecule has 0 spiro atoms. The molecule has 0 unspecified atom stereocenters. The van der Waals surface area contributed by atoms with E-state index in [-0.39, 0.29) is 41.4 Å². The van der Waals surface area contributed by atoms with Crippen molar-refractivity contribution in [1.29, 1.82) is 0 Å². The SMILES string of the molecule is CC(=O)N1[C@@H](Cc2ccccc2)[C@@H]2C[C@@]3(C)[C@H](CCC[C@@H]13)N2C(=O)c1cc2ccccc2[nH]1. The van der Waals surface area contributed by atoms with E-state index in [9.17, 15) is 9.59 Å². The highest BCUT2D eigenvalue weighted by Gasteiger charge is 2.64. The van der Waals surface area contributed by atoms with Crippen LogP contribution in [-0.2, 0) is 11.2 Å². The van der Waals surface area contributed by atoms with Crippen molar-refractivity contribution < 1.29 is 9.59 Å². The third-order valence-corrected chi connectivity index (χ3v) is 8.60. The normalized spacial score (nSPS) is 30.6. The molecule has 1 aromatic heterocycles. The van der Waals surface area contributed by atoms with Gasteiger partial charge in [0, 0.05) is 35.3 Å². The maximum Gasteiger partial charge on any atom is 0.270 e. The summed E-state index contributed by atoms with van der Waals surface area (Å²) in [5.41, 5.74) is 2.81. The van der Waals surface area contributed by atoms with Crippen molar-refractivity contribution in [3.63, 3.8) is 0 Å². The third kappa shape index (κ3) is 3.05. The van der Waals surface area contributed by atoms with Crippen molar-refractivity contribution in [3.05, 3.63) is 71.9 Å². The molecule has 33 heavy (non-hydrogen) atoms. The van der Waals surface area contributed by atoms with E-state index in [1.807, 2.05) is 36.4 Å². The summed E-state index contributed by atoms with van der Waals surface area (Å²) in [6.45, 7) is 4.03. The number of nitrogens with zero attached hydrogens (tertiary/aromatic N) is 2. The van der Waals surface area contributed by atoms with Crippen LogP contribution < -0.4 is 0 Å². The first kappa shape index (κ1) is 20.5. The van der Waals surface area contributed by atoms with Gasteiger partial charge in [-0.1, -0.05) is 55.5 Å². The van der Waals surface area contributed by atoms with Gasteiger partial charge in [-0.25, -0.2) is 0 Å². The van der Waals surface area contributed by atoms with Crippen molar-refractivity contribution in [2.75, 3.05) is 0 Å². The Balaban J connectivity index is 1.44. The number of para-hydroxylation sites is 1. The molecular formula is C28H31N3O2. The van der Waals surface area contributed by atoms with Crippen molar-refractivity contribution in [1.82, 2.24) is 14.8 Å². The Bertz CT molecular complexity index is 1190. The van der Waals surface area contributed by atoms with Crippen LogP contribution in [0.3, 0.4) is 0 Å². The van der Waals surface area contributed by atoms with Crippen LogP contribution in [0.5, 0.6) is 0 Å². The summed E-state index contributed by atoms with van der Waals surface area (Å²) in [6.07, 6.45) is 4.84. The molecule has 3 fully saturated rings. The van der Waals surface area contributed by atoms with E-state index in [0.717, 1.165) is 43.0 Å². The molecule has 2 bridgehead atoms. The second-order valence-electron chi connectivity index (χ2n) is 10.4. The van der Waals surface area contributed by atoms with Crippen LogP contribution in [0.2, 0.25) is 0 Å². The number of hydrogen-bond acceptors (Lipinski definition) is 2. The monoisotopic (exact) mass is 441 g/mol. The summed E-state index contributed by atoms with van der Waals surface area (Å²) in [4.78, 5) is 34.8. The van der Waals surface area contributed by atoms with E-state index in [1.54, 1.807) is 6.92 Å². The van der Waals surface area contributed by atoms with Gasteiger partial charge in [0.1, 0.15) is 5.69 Å². The van der Waals surface area contributed by atoms with Crippen LogP contribution in [0.4, 0.5) is 0 Å². The Kier molecular flexibility index (Phi) is 4.65. The van der Waals surface area contributed by atoms with Gasteiger partial charge in [-0.05, 0) is 49.8 Å². The van der Waals surface area contributed by atoms with Crippen molar-refractivity contribution >= 4 is 22.7 Å². The standard InChI is InChI=1S/C28H31N3O2/c1-18(32)30-23(15-19-9-4-3-5-10-19)24-17-28(2)25(30)13-8-14-26(28)31(24)27(33)22-16-20-11-6-7-12-21(20)29-22/h3-7,9-12,16,23-26,29H,8,13-15,17H2,1-2H3/t23-,24-,25+,26-,28+/m0/s1. The van der Waals surface area contributed by atoms with Gasteiger partial charge < -0.3 is 14.8 Å². The summed E-state index contributed by atoms with van der Waals surface area (Å²) in [7, 11) is 0. The zero-order valence-electron chi connectivity index (χ0n) is 19.3. The molecule has 5 atom stereocenters. The lowest BCUT2D eigenvalue weighted by Crippen LogP contribution is -2.62. The average Bonchev–Trinajstić information content (AvgIpc) is 3.37. The van der Waals surface area contributed by atoms with E-state index in [4.69, 9.17) is 0 Å². The minimum absolute atomic E-state index is 0.000552. The van der Waals surface area contributed by atoms with Crippen LogP contribution in [0.1, 0.15) is 55.6 Å². The first-order chi connectivity index (χ1) is 16.0. The van der Waals surface area contributed by atoms with E-state index in [0.29, 0.717) is 5.69 Å². The van der Waals surface area contributed by atoms with Gasteiger partial charge in [0.05, 0.1) is 12.1 Å². The average molecular weight is 442 g/mol. The molecule has 1 aliphatic carbocycles. The second kappa shape index (κ2) is 7.47. The molecule has 3 aromatic rings. The molecule has 1 N–H and O–H groups in total. The highest BCUT2D eigenvalue weighted by atomic mass is 16.2. The number of carbonyl (C=O) groups excluding carboxylic acids is 2. The number of piperidine rings is 1. The minimum atomic E-state index is -0.0521. The first-order valence-electron chi connectivity index (χ1n) is 12.2. The van der Waals surface area contributed by atoms with Crippen molar-refractivity contribution in [2.24, 2.45) is 5.41 Å². The lowest BCUT2D eigenvalue weighted by atomic mass is 9.64. The fourth-order valence-electron chi connectivity index (χ4n) is 7.25. The summed E-state index contributed by atoms with van der Waals surface area (Å²) in [5.74, 6) is 0.214. The molecular weight excluding hydrogens is 410 g/mol. The number of aromatic nitrogens is 1. The molecule has 5 nitrogen and oxygen atoms in total. The van der Waals surface area contributed by atoms with Gasteiger partial charge in [-0.3, -0.25) is 9.59 Å². The van der Waals surface area contributed by atoms with Crippen LogP contribution in [0.25, 0.3) is 10.9 Å². The topological polar surface area (TPSA) is 56.4 Å². The first-order valence-corrected chi connectivity index (χ1v) is 12.2. The van der Waals surface area contributed by atoms with E-state index < -0.39 is 0 Å². The number of hydrogen-bond donors (Lipinski definition) is 1. The molecule has 0 radical (unpaired) electrons. The lowest BCUT2D eigenvalue weighted by Gasteiger charge is -2.52. The van der Waals surface area contributed by atoms with Crippen LogP contribution in [0.15, 0.2) is 60.7 Å². The number of rotatable bonds is 3. The second-order valence-corrected chi connectivity index (χ2v) is 10.4. The largest absolute Gasteiger partial charge is 0.351 e.